The zero-order valence-electron chi connectivity index (χ0n) is 11.6. The van der Waals surface area contributed by atoms with Crippen LogP contribution in [-0.4, -0.2) is 30.1 Å². The molecule has 0 spiro atoms. The lowest BCUT2D eigenvalue weighted by atomic mass is 9.92. The number of hydrogen-bond donors (Lipinski definition) is 3. The molecule has 0 aromatic heterocycles. The molecule has 0 aliphatic heterocycles. The standard InChI is InChI=1S/C13H17F2N3O3/c1-13(2,11(16)18-20)7-17-10(19)8-3-5-9(6-4-8)21-12(14)15/h3-6,12,20H,7H2,1-2H3,(H2,16,18)(H,17,19). The van der Waals surface area contributed by atoms with Crippen LogP contribution in [-0.2, 0) is 0 Å². The number of carbonyl (C=O) groups is 1. The second-order valence-corrected chi connectivity index (χ2v) is 4.95. The molecule has 0 unspecified atom stereocenters. The van der Waals surface area contributed by atoms with Gasteiger partial charge in [0.05, 0.1) is 0 Å². The van der Waals surface area contributed by atoms with E-state index in [-0.39, 0.29) is 23.7 Å². The Morgan fingerprint density at radius 2 is 2.00 bits per heavy atom. The molecule has 1 amide bonds. The molecule has 0 aliphatic carbocycles. The third kappa shape index (κ3) is 4.90. The molecular formula is C13H17F2N3O3. The van der Waals surface area contributed by atoms with Crippen molar-refractivity contribution in [2.45, 2.75) is 20.5 Å². The molecule has 1 aromatic rings. The van der Waals surface area contributed by atoms with Crippen LogP contribution in [0, 0.1) is 5.41 Å². The molecule has 0 saturated carbocycles. The molecule has 0 radical (unpaired) electrons. The zero-order valence-corrected chi connectivity index (χ0v) is 11.6. The number of halogens is 2. The number of amidine groups is 1. The number of amides is 1. The summed E-state index contributed by atoms with van der Waals surface area (Å²) in [6.45, 7) is 0.632. The van der Waals surface area contributed by atoms with E-state index >= 15 is 0 Å². The smallest absolute Gasteiger partial charge is 0.387 e. The Balaban J connectivity index is 2.64. The minimum Gasteiger partial charge on any atom is -0.435 e. The van der Waals surface area contributed by atoms with Gasteiger partial charge in [-0.1, -0.05) is 19.0 Å². The van der Waals surface area contributed by atoms with Gasteiger partial charge >= 0.3 is 6.61 Å². The van der Waals surface area contributed by atoms with Crippen molar-refractivity contribution in [3.8, 4) is 5.75 Å². The summed E-state index contributed by atoms with van der Waals surface area (Å²) in [4.78, 5) is 11.9. The number of benzene rings is 1. The number of nitrogens with zero attached hydrogens (tertiary/aromatic N) is 1. The first-order chi connectivity index (χ1) is 9.76. The van der Waals surface area contributed by atoms with E-state index in [0.29, 0.717) is 0 Å². The van der Waals surface area contributed by atoms with E-state index in [1.165, 1.54) is 24.3 Å². The van der Waals surface area contributed by atoms with E-state index in [1.807, 2.05) is 0 Å². The van der Waals surface area contributed by atoms with Gasteiger partial charge in [-0.05, 0) is 24.3 Å². The summed E-state index contributed by atoms with van der Waals surface area (Å²) in [6.07, 6.45) is 0. The summed E-state index contributed by atoms with van der Waals surface area (Å²) in [5.74, 6) is -0.445. The monoisotopic (exact) mass is 301 g/mol. The average Bonchev–Trinajstić information content (AvgIpc) is 2.44. The van der Waals surface area contributed by atoms with Crippen LogP contribution < -0.4 is 15.8 Å². The Morgan fingerprint density at radius 1 is 1.43 bits per heavy atom. The van der Waals surface area contributed by atoms with E-state index in [9.17, 15) is 13.6 Å². The number of carbonyl (C=O) groups excluding carboxylic acids is 1. The highest BCUT2D eigenvalue weighted by molar-refractivity contribution is 5.95. The fraction of sp³-hybridized carbons (Fsp3) is 0.385. The maximum atomic E-state index is 12.0. The first kappa shape index (κ1) is 16.7. The van der Waals surface area contributed by atoms with Crippen LogP contribution in [0.4, 0.5) is 8.78 Å². The van der Waals surface area contributed by atoms with Crippen molar-refractivity contribution in [1.82, 2.24) is 5.32 Å². The van der Waals surface area contributed by atoms with Gasteiger partial charge in [-0.3, -0.25) is 4.79 Å². The number of hydrogen-bond acceptors (Lipinski definition) is 4. The van der Waals surface area contributed by atoms with Crippen LogP contribution >= 0.6 is 0 Å². The Morgan fingerprint density at radius 3 is 2.48 bits per heavy atom. The Kier molecular flexibility index (Phi) is 5.45. The van der Waals surface area contributed by atoms with Crippen LogP contribution in [0.2, 0.25) is 0 Å². The van der Waals surface area contributed by atoms with Gasteiger partial charge in [0.2, 0.25) is 0 Å². The molecule has 0 heterocycles. The van der Waals surface area contributed by atoms with Crippen molar-refractivity contribution in [2.24, 2.45) is 16.3 Å². The Hall–Kier alpha value is -2.38. The molecule has 21 heavy (non-hydrogen) atoms. The predicted octanol–water partition coefficient (Wildman–Crippen LogP) is 1.79. The first-order valence-corrected chi connectivity index (χ1v) is 6.07. The minimum atomic E-state index is -2.91. The largest absolute Gasteiger partial charge is 0.435 e. The van der Waals surface area contributed by atoms with Crippen molar-refractivity contribution in [1.29, 1.82) is 0 Å². The van der Waals surface area contributed by atoms with Crippen LogP contribution in [0.15, 0.2) is 29.4 Å². The van der Waals surface area contributed by atoms with E-state index in [0.717, 1.165) is 0 Å². The maximum absolute atomic E-state index is 12.0. The molecule has 8 heteroatoms. The maximum Gasteiger partial charge on any atom is 0.387 e. The highest BCUT2D eigenvalue weighted by Crippen LogP contribution is 2.16. The Bertz CT molecular complexity index is 516. The SMILES string of the molecule is CC(C)(CNC(=O)c1ccc(OC(F)F)cc1)/C(N)=N/O. The number of alkyl halides is 2. The minimum absolute atomic E-state index is 0.0107. The summed E-state index contributed by atoms with van der Waals surface area (Å²) in [7, 11) is 0. The summed E-state index contributed by atoms with van der Waals surface area (Å²) >= 11 is 0. The fourth-order valence-corrected chi connectivity index (χ4v) is 1.42. The molecule has 116 valence electrons. The third-order valence-corrected chi connectivity index (χ3v) is 2.83. The molecule has 4 N–H and O–H groups in total. The van der Waals surface area contributed by atoms with Crippen LogP contribution in [0.5, 0.6) is 5.75 Å². The first-order valence-electron chi connectivity index (χ1n) is 6.07. The van der Waals surface area contributed by atoms with Crippen molar-refractivity contribution < 1.29 is 23.5 Å². The van der Waals surface area contributed by atoms with Gasteiger partial charge in [-0.25, -0.2) is 0 Å². The topological polar surface area (TPSA) is 96.9 Å². The molecule has 1 rings (SSSR count). The van der Waals surface area contributed by atoms with Gasteiger partial charge in [0.15, 0.2) is 0 Å². The summed E-state index contributed by atoms with van der Waals surface area (Å²) in [5, 5.41) is 14.2. The molecule has 0 fully saturated rings. The van der Waals surface area contributed by atoms with Gasteiger partial charge in [0, 0.05) is 17.5 Å². The molecule has 0 saturated heterocycles. The molecule has 0 atom stereocenters. The van der Waals surface area contributed by atoms with Gasteiger partial charge in [-0.2, -0.15) is 8.78 Å². The van der Waals surface area contributed by atoms with Crippen LogP contribution in [0.25, 0.3) is 0 Å². The summed E-state index contributed by atoms with van der Waals surface area (Å²) < 4.78 is 28.2. The van der Waals surface area contributed by atoms with Crippen molar-refractivity contribution in [3.63, 3.8) is 0 Å². The van der Waals surface area contributed by atoms with Crippen LogP contribution in [0.3, 0.4) is 0 Å². The molecule has 0 bridgehead atoms. The molecule has 1 aromatic carbocycles. The van der Waals surface area contributed by atoms with E-state index in [1.54, 1.807) is 13.8 Å². The lowest BCUT2D eigenvalue weighted by Gasteiger charge is -2.23. The summed E-state index contributed by atoms with van der Waals surface area (Å²) in [6, 6.07) is 5.28. The summed E-state index contributed by atoms with van der Waals surface area (Å²) in [5.41, 5.74) is 5.07. The fourth-order valence-electron chi connectivity index (χ4n) is 1.42. The van der Waals surface area contributed by atoms with Crippen molar-refractivity contribution in [2.75, 3.05) is 6.54 Å². The zero-order chi connectivity index (χ0) is 16.0. The lowest BCUT2D eigenvalue weighted by molar-refractivity contribution is -0.0498. The number of nitrogens with two attached hydrogens (primary N) is 1. The third-order valence-electron chi connectivity index (χ3n) is 2.83. The van der Waals surface area contributed by atoms with E-state index < -0.39 is 17.9 Å². The number of nitrogens with one attached hydrogen (secondary N) is 1. The number of rotatable bonds is 6. The van der Waals surface area contributed by atoms with Crippen LogP contribution in [0.1, 0.15) is 24.2 Å². The second-order valence-electron chi connectivity index (χ2n) is 4.95. The highest BCUT2D eigenvalue weighted by Gasteiger charge is 2.24. The predicted molar refractivity (Wildman–Crippen MR) is 72.6 cm³/mol. The number of ether oxygens (including phenoxy) is 1. The highest BCUT2D eigenvalue weighted by atomic mass is 19.3. The number of oxime groups is 1. The molecule has 0 aliphatic rings. The van der Waals surface area contributed by atoms with Gasteiger partial charge in [0.25, 0.3) is 5.91 Å². The quantitative estimate of drug-likeness (QED) is 0.323. The molecule has 6 nitrogen and oxygen atoms in total. The second kappa shape index (κ2) is 6.87. The van der Waals surface area contributed by atoms with Crippen molar-refractivity contribution >= 4 is 11.7 Å². The normalized spacial score (nSPS) is 12.3. The molecular weight excluding hydrogens is 284 g/mol. The average molecular weight is 301 g/mol. The lowest BCUT2D eigenvalue weighted by Crippen LogP contribution is -2.42. The Labute approximate surface area is 120 Å². The van der Waals surface area contributed by atoms with Crippen molar-refractivity contribution in [3.05, 3.63) is 29.8 Å². The van der Waals surface area contributed by atoms with Gasteiger partial charge < -0.3 is 21.0 Å². The van der Waals surface area contributed by atoms with Gasteiger partial charge in [0.1, 0.15) is 11.6 Å². The van der Waals surface area contributed by atoms with E-state index in [4.69, 9.17) is 10.9 Å². The van der Waals surface area contributed by atoms with Gasteiger partial charge in [-0.15, -0.1) is 0 Å². The van der Waals surface area contributed by atoms with E-state index in [2.05, 4.69) is 15.2 Å².